The van der Waals surface area contributed by atoms with Crippen LogP contribution in [0.1, 0.15) is 51.4 Å². The fourth-order valence-corrected chi connectivity index (χ4v) is 4.68. The van der Waals surface area contributed by atoms with Gasteiger partial charge >= 0.3 is 5.97 Å². The summed E-state index contributed by atoms with van der Waals surface area (Å²) in [4.78, 5) is 31.6. The number of carboxylic acid groups (broad SMARTS) is 1. The molecule has 0 saturated carbocycles. The number of pyridine rings is 2. The van der Waals surface area contributed by atoms with Crippen LogP contribution in [0.2, 0.25) is 5.15 Å². The van der Waals surface area contributed by atoms with Gasteiger partial charge in [-0.05, 0) is 61.2 Å². The van der Waals surface area contributed by atoms with E-state index in [0.717, 1.165) is 23.1 Å². The largest absolute Gasteiger partial charge is 0.476 e. The van der Waals surface area contributed by atoms with Gasteiger partial charge < -0.3 is 15.3 Å². The molecule has 0 radical (unpaired) electrons. The highest BCUT2D eigenvalue weighted by atomic mass is 35.5. The minimum absolute atomic E-state index is 0.102. The van der Waals surface area contributed by atoms with Gasteiger partial charge in [-0.3, -0.25) is 4.98 Å². The summed E-state index contributed by atoms with van der Waals surface area (Å²) >= 11 is 5.91. The van der Waals surface area contributed by atoms with Gasteiger partial charge in [-0.1, -0.05) is 17.7 Å². The van der Waals surface area contributed by atoms with Crippen LogP contribution in [0.25, 0.3) is 11.0 Å². The van der Waals surface area contributed by atoms with Crippen molar-refractivity contribution in [3.8, 4) is 6.07 Å². The summed E-state index contributed by atoms with van der Waals surface area (Å²) < 4.78 is 0. The Labute approximate surface area is 212 Å². The summed E-state index contributed by atoms with van der Waals surface area (Å²) in [6.45, 7) is 5.17. The van der Waals surface area contributed by atoms with Gasteiger partial charge in [0.15, 0.2) is 17.2 Å². The number of aromatic nitrogens is 4. The molecule has 0 amide bonds. The summed E-state index contributed by atoms with van der Waals surface area (Å²) in [7, 11) is 0. The Balaban J connectivity index is 1.58. The van der Waals surface area contributed by atoms with Crippen molar-refractivity contribution in [3.05, 3.63) is 81.5 Å². The highest BCUT2D eigenvalue weighted by Crippen LogP contribution is 2.32. The van der Waals surface area contributed by atoms with Crippen molar-refractivity contribution >= 4 is 40.1 Å². The molecule has 5 rings (SSSR count). The molecule has 1 aliphatic rings. The number of anilines is 2. The Kier molecular flexibility index (Phi) is 6.12. The maximum absolute atomic E-state index is 11.7. The minimum Gasteiger partial charge on any atom is -0.476 e. The molecule has 2 N–H and O–H groups in total. The number of nitriles is 1. The summed E-state index contributed by atoms with van der Waals surface area (Å²) in [5.74, 6) is -0.647. The van der Waals surface area contributed by atoms with Gasteiger partial charge in [-0.2, -0.15) is 5.26 Å². The number of nitrogens with one attached hydrogen (secondary N) is 1. The molecule has 0 aliphatic carbocycles. The van der Waals surface area contributed by atoms with E-state index in [1.807, 2.05) is 38.2 Å². The molecule has 1 aliphatic heterocycles. The van der Waals surface area contributed by atoms with Crippen molar-refractivity contribution in [1.82, 2.24) is 19.9 Å². The fourth-order valence-electron chi connectivity index (χ4n) is 4.53. The number of nitrogens with zero attached hydrogens (tertiary/aromatic N) is 6. The second-order valence-corrected chi connectivity index (χ2v) is 9.13. The molecule has 1 aromatic carbocycles. The lowest BCUT2D eigenvalue weighted by Gasteiger charge is -2.30. The maximum atomic E-state index is 11.7. The van der Waals surface area contributed by atoms with E-state index in [2.05, 4.69) is 31.2 Å². The lowest BCUT2D eigenvalue weighted by molar-refractivity contribution is 0.0691. The summed E-state index contributed by atoms with van der Waals surface area (Å²) in [5.41, 5.74) is 5.83. The molecule has 36 heavy (non-hydrogen) atoms. The molecule has 0 spiro atoms. The molecule has 4 heterocycles. The average Bonchev–Trinajstić information content (AvgIpc) is 2.87. The monoisotopic (exact) mass is 499 g/mol. The van der Waals surface area contributed by atoms with Crippen molar-refractivity contribution in [2.45, 2.75) is 32.9 Å². The zero-order chi connectivity index (χ0) is 25.4. The topological polar surface area (TPSA) is 128 Å². The van der Waals surface area contributed by atoms with Crippen molar-refractivity contribution in [2.24, 2.45) is 0 Å². The van der Waals surface area contributed by atoms with Gasteiger partial charge in [0, 0.05) is 31.0 Å². The first-order valence-electron chi connectivity index (χ1n) is 11.4. The zero-order valence-electron chi connectivity index (χ0n) is 19.7. The number of aromatic carboxylic acids is 1. The van der Waals surface area contributed by atoms with E-state index in [9.17, 15) is 15.2 Å². The van der Waals surface area contributed by atoms with Crippen LogP contribution < -0.4 is 10.2 Å². The number of aryl methyl sites for hydroxylation is 1. The first-order valence-corrected chi connectivity index (χ1v) is 11.8. The highest BCUT2D eigenvalue weighted by molar-refractivity contribution is 6.29. The fraction of sp³-hybridized carbons (Fsp3) is 0.231. The van der Waals surface area contributed by atoms with E-state index in [0.29, 0.717) is 35.6 Å². The van der Waals surface area contributed by atoms with Crippen molar-refractivity contribution in [3.63, 3.8) is 0 Å². The third kappa shape index (κ3) is 4.39. The van der Waals surface area contributed by atoms with E-state index in [1.165, 1.54) is 11.6 Å². The van der Waals surface area contributed by atoms with Gasteiger partial charge in [0.2, 0.25) is 0 Å². The van der Waals surface area contributed by atoms with Crippen LogP contribution in [0.3, 0.4) is 0 Å². The lowest BCUT2D eigenvalue weighted by atomic mass is 10.0. The van der Waals surface area contributed by atoms with E-state index in [-0.39, 0.29) is 22.6 Å². The second kappa shape index (κ2) is 9.40. The Hall–Kier alpha value is -4.29. The summed E-state index contributed by atoms with van der Waals surface area (Å²) in [5, 5.41) is 22.8. The third-order valence-corrected chi connectivity index (χ3v) is 6.46. The number of hydrogen-bond acceptors (Lipinski definition) is 8. The SMILES string of the molecule is Cc1cc([C@@H](C)Nc2ccc(Cl)nc2C(=O)O)c2nc(N3CCc4cnccc4C3)c(C#N)nc2c1. The summed E-state index contributed by atoms with van der Waals surface area (Å²) in [6.07, 6.45) is 4.45. The van der Waals surface area contributed by atoms with Gasteiger partial charge in [-0.15, -0.1) is 0 Å². The normalized spacial score (nSPS) is 13.7. The molecule has 0 unspecified atom stereocenters. The molecular weight excluding hydrogens is 478 g/mol. The predicted molar refractivity (Wildman–Crippen MR) is 136 cm³/mol. The van der Waals surface area contributed by atoms with Gasteiger partial charge in [0.05, 0.1) is 22.8 Å². The zero-order valence-corrected chi connectivity index (χ0v) is 20.4. The van der Waals surface area contributed by atoms with Crippen LogP contribution in [0.15, 0.2) is 42.7 Å². The van der Waals surface area contributed by atoms with E-state index >= 15 is 0 Å². The van der Waals surface area contributed by atoms with Crippen LogP contribution in [-0.4, -0.2) is 37.6 Å². The average molecular weight is 500 g/mol. The first-order chi connectivity index (χ1) is 17.3. The number of carboxylic acids is 1. The van der Waals surface area contributed by atoms with E-state index in [1.54, 1.807) is 12.3 Å². The van der Waals surface area contributed by atoms with Crippen molar-refractivity contribution in [1.29, 1.82) is 5.26 Å². The smallest absolute Gasteiger partial charge is 0.356 e. The van der Waals surface area contributed by atoms with E-state index in [4.69, 9.17) is 16.6 Å². The number of fused-ring (bicyclic) bond motifs is 2. The number of halogens is 1. The maximum Gasteiger partial charge on any atom is 0.356 e. The minimum atomic E-state index is -1.18. The molecule has 0 fully saturated rings. The predicted octanol–water partition coefficient (Wildman–Crippen LogP) is 4.69. The summed E-state index contributed by atoms with van der Waals surface area (Å²) in [6, 6.07) is 10.9. The number of carbonyl (C=O) groups is 1. The Morgan fingerprint density at radius 3 is 2.83 bits per heavy atom. The van der Waals surface area contributed by atoms with Crippen LogP contribution >= 0.6 is 11.6 Å². The lowest BCUT2D eigenvalue weighted by Crippen LogP contribution is -2.32. The van der Waals surface area contributed by atoms with Crippen LogP contribution in [0.4, 0.5) is 11.5 Å². The van der Waals surface area contributed by atoms with Gasteiger partial charge in [-0.25, -0.2) is 19.7 Å². The molecule has 10 heteroatoms. The number of benzene rings is 1. The van der Waals surface area contributed by atoms with Gasteiger partial charge in [0.1, 0.15) is 11.2 Å². The highest BCUT2D eigenvalue weighted by Gasteiger charge is 2.24. The van der Waals surface area contributed by atoms with Crippen LogP contribution in [-0.2, 0) is 13.0 Å². The first kappa shape index (κ1) is 23.5. The van der Waals surface area contributed by atoms with Crippen LogP contribution in [0.5, 0.6) is 0 Å². The van der Waals surface area contributed by atoms with Crippen molar-refractivity contribution in [2.75, 3.05) is 16.8 Å². The molecule has 0 bridgehead atoms. The van der Waals surface area contributed by atoms with Gasteiger partial charge in [0.25, 0.3) is 0 Å². The standard InChI is InChI=1S/C26H22ClN7O2/c1-14-9-18(15(2)30-19-3-4-22(27)32-24(19)26(35)36)23-20(10-14)31-21(11-28)25(33-23)34-8-6-16-12-29-7-5-17(16)13-34/h3-5,7,9-10,12,15,30H,6,8,13H2,1-2H3,(H,35,36)/t15-/m1/s1. The Bertz CT molecular complexity index is 1550. The number of rotatable bonds is 5. The van der Waals surface area contributed by atoms with E-state index < -0.39 is 5.97 Å². The molecule has 0 saturated heterocycles. The Morgan fingerprint density at radius 1 is 1.22 bits per heavy atom. The molecule has 9 nitrogen and oxygen atoms in total. The number of hydrogen-bond donors (Lipinski definition) is 2. The second-order valence-electron chi connectivity index (χ2n) is 8.75. The molecule has 4 aromatic rings. The molecule has 1 atom stereocenters. The third-order valence-electron chi connectivity index (χ3n) is 6.25. The van der Waals surface area contributed by atoms with Crippen LogP contribution in [0, 0.1) is 18.3 Å². The van der Waals surface area contributed by atoms with Crippen molar-refractivity contribution < 1.29 is 9.90 Å². The molecular formula is C26H22ClN7O2. The molecule has 3 aromatic heterocycles. The Morgan fingerprint density at radius 2 is 2.06 bits per heavy atom. The molecule has 180 valence electrons. The quantitative estimate of drug-likeness (QED) is 0.376.